The summed E-state index contributed by atoms with van der Waals surface area (Å²) in [5.74, 6) is 0. The highest BCUT2D eigenvalue weighted by atomic mass is 16.6. The van der Waals surface area contributed by atoms with Crippen molar-refractivity contribution in [2.45, 2.75) is 33.3 Å². The molecule has 0 aromatic heterocycles. The summed E-state index contributed by atoms with van der Waals surface area (Å²) in [6, 6.07) is 0. The van der Waals surface area contributed by atoms with Crippen LogP contribution < -0.4 is 5.32 Å². The Kier molecular flexibility index (Phi) is 9.81. The molecule has 0 aliphatic heterocycles. The van der Waals surface area contributed by atoms with Crippen LogP contribution >= 0.6 is 0 Å². The quantitative estimate of drug-likeness (QED) is 0.616. The molecule has 0 saturated heterocycles. The molecule has 0 heterocycles. The van der Waals surface area contributed by atoms with Crippen molar-refractivity contribution >= 4 is 6.09 Å². The number of carbonyl (C=O) groups is 1. The minimum atomic E-state index is -0.494. The Hall–Kier alpha value is -0.810. The van der Waals surface area contributed by atoms with Crippen LogP contribution in [0.3, 0.4) is 0 Å². The number of ether oxygens (including phenoxy) is 1. The van der Waals surface area contributed by atoms with E-state index in [-0.39, 0.29) is 19.8 Å². The zero-order valence-corrected chi connectivity index (χ0v) is 9.33. The summed E-state index contributed by atoms with van der Waals surface area (Å²) >= 11 is 0. The molecule has 5 nitrogen and oxygen atoms in total. The van der Waals surface area contributed by atoms with E-state index in [1.807, 2.05) is 0 Å². The number of hydrogen-bond donors (Lipinski definition) is 3. The Morgan fingerprint density at radius 2 is 1.79 bits per heavy atom. The SMILES string of the molecule is CC(C)(C)OC(=O)NCCO.CCO. The van der Waals surface area contributed by atoms with Gasteiger partial charge in [0.2, 0.25) is 0 Å². The van der Waals surface area contributed by atoms with Crippen LogP contribution in [0, 0.1) is 0 Å². The number of carbonyl (C=O) groups excluding carboxylic acids is 1. The van der Waals surface area contributed by atoms with Crippen LogP contribution in [-0.2, 0) is 4.74 Å². The highest BCUT2D eigenvalue weighted by molar-refractivity contribution is 5.67. The van der Waals surface area contributed by atoms with Gasteiger partial charge in [0.15, 0.2) is 0 Å². The van der Waals surface area contributed by atoms with Crippen molar-refractivity contribution in [3.8, 4) is 0 Å². The molecular formula is C9H21NO4. The first-order valence-corrected chi connectivity index (χ1v) is 4.56. The fourth-order valence-electron chi connectivity index (χ4n) is 0.472. The average molecular weight is 207 g/mol. The Morgan fingerprint density at radius 3 is 2.07 bits per heavy atom. The zero-order valence-electron chi connectivity index (χ0n) is 9.33. The van der Waals surface area contributed by atoms with Gasteiger partial charge in [-0.2, -0.15) is 0 Å². The summed E-state index contributed by atoms with van der Waals surface area (Å²) in [6.45, 7) is 7.44. The van der Waals surface area contributed by atoms with E-state index in [9.17, 15) is 4.79 Å². The molecular weight excluding hydrogens is 186 g/mol. The lowest BCUT2D eigenvalue weighted by Crippen LogP contribution is -2.33. The maximum Gasteiger partial charge on any atom is 0.407 e. The highest BCUT2D eigenvalue weighted by Gasteiger charge is 2.14. The van der Waals surface area contributed by atoms with Gasteiger partial charge in [0.1, 0.15) is 5.60 Å². The fourth-order valence-corrected chi connectivity index (χ4v) is 0.472. The average Bonchev–Trinajstić information content (AvgIpc) is 1.99. The predicted molar refractivity (Wildman–Crippen MR) is 54.1 cm³/mol. The largest absolute Gasteiger partial charge is 0.444 e. The van der Waals surface area contributed by atoms with E-state index in [1.54, 1.807) is 27.7 Å². The van der Waals surface area contributed by atoms with E-state index in [0.29, 0.717) is 0 Å². The van der Waals surface area contributed by atoms with Crippen molar-refractivity contribution in [2.24, 2.45) is 0 Å². The van der Waals surface area contributed by atoms with Gasteiger partial charge in [0, 0.05) is 13.2 Å². The van der Waals surface area contributed by atoms with Crippen LogP contribution in [0.4, 0.5) is 4.79 Å². The lowest BCUT2D eigenvalue weighted by atomic mass is 10.2. The molecule has 0 atom stereocenters. The van der Waals surface area contributed by atoms with Gasteiger partial charge < -0.3 is 20.3 Å². The predicted octanol–water partition coefficient (Wildman–Crippen LogP) is 0.502. The normalized spacial score (nSPS) is 9.86. The van der Waals surface area contributed by atoms with Crippen LogP contribution in [0.1, 0.15) is 27.7 Å². The standard InChI is InChI=1S/C7H15NO3.C2H6O/c1-7(2,3)11-6(10)8-4-5-9;1-2-3/h9H,4-5H2,1-3H3,(H,8,10);3H,2H2,1H3. The van der Waals surface area contributed by atoms with Gasteiger partial charge in [-0.15, -0.1) is 0 Å². The van der Waals surface area contributed by atoms with Gasteiger partial charge in [0.05, 0.1) is 6.61 Å². The monoisotopic (exact) mass is 207 g/mol. The van der Waals surface area contributed by atoms with Crippen LogP contribution in [0.15, 0.2) is 0 Å². The molecule has 1 amide bonds. The van der Waals surface area contributed by atoms with Gasteiger partial charge in [-0.05, 0) is 27.7 Å². The van der Waals surface area contributed by atoms with Crippen LogP contribution in [-0.4, -0.2) is 41.7 Å². The summed E-state index contributed by atoms with van der Waals surface area (Å²) in [5.41, 5.74) is -0.473. The molecule has 0 aliphatic rings. The van der Waals surface area contributed by atoms with Gasteiger partial charge in [-0.25, -0.2) is 4.79 Å². The number of hydrogen-bond acceptors (Lipinski definition) is 4. The second-order valence-electron chi connectivity index (χ2n) is 3.47. The summed E-state index contributed by atoms with van der Waals surface area (Å²) < 4.78 is 4.88. The molecule has 0 rings (SSSR count). The van der Waals surface area contributed by atoms with Gasteiger partial charge in [-0.1, -0.05) is 0 Å². The van der Waals surface area contributed by atoms with E-state index in [4.69, 9.17) is 14.9 Å². The van der Waals surface area contributed by atoms with Crippen LogP contribution in [0.5, 0.6) is 0 Å². The third-order valence-corrected chi connectivity index (χ3v) is 0.780. The minimum Gasteiger partial charge on any atom is -0.444 e. The Labute approximate surface area is 85.1 Å². The zero-order chi connectivity index (χ0) is 11.6. The van der Waals surface area contributed by atoms with Crippen molar-refractivity contribution < 1.29 is 19.7 Å². The molecule has 0 radical (unpaired) electrons. The molecule has 0 aliphatic carbocycles. The third-order valence-electron chi connectivity index (χ3n) is 0.780. The molecule has 0 aromatic carbocycles. The van der Waals surface area contributed by atoms with Crippen molar-refractivity contribution in [3.05, 3.63) is 0 Å². The van der Waals surface area contributed by atoms with Crippen molar-refractivity contribution in [1.82, 2.24) is 5.32 Å². The first-order chi connectivity index (χ1) is 6.37. The second kappa shape index (κ2) is 8.77. The Balaban J connectivity index is 0. The van der Waals surface area contributed by atoms with Crippen LogP contribution in [0.2, 0.25) is 0 Å². The van der Waals surface area contributed by atoms with Crippen molar-refractivity contribution in [2.75, 3.05) is 19.8 Å². The number of rotatable bonds is 2. The minimum absolute atomic E-state index is 0.0702. The number of amides is 1. The lowest BCUT2D eigenvalue weighted by molar-refractivity contribution is 0.0518. The molecule has 0 unspecified atom stereocenters. The Bertz CT molecular complexity index is 142. The van der Waals surface area contributed by atoms with Crippen molar-refractivity contribution in [1.29, 1.82) is 0 Å². The summed E-state index contributed by atoms with van der Waals surface area (Å²) in [4.78, 5) is 10.8. The summed E-state index contributed by atoms with van der Waals surface area (Å²) in [5, 5.41) is 18.3. The number of aliphatic hydroxyl groups excluding tert-OH is 2. The molecule has 3 N–H and O–H groups in total. The Morgan fingerprint density at radius 1 is 1.36 bits per heavy atom. The van der Waals surface area contributed by atoms with Crippen molar-refractivity contribution in [3.63, 3.8) is 0 Å². The molecule has 14 heavy (non-hydrogen) atoms. The van der Waals surface area contributed by atoms with Gasteiger partial charge in [0.25, 0.3) is 0 Å². The van der Waals surface area contributed by atoms with Gasteiger partial charge >= 0.3 is 6.09 Å². The van der Waals surface area contributed by atoms with E-state index in [1.165, 1.54) is 0 Å². The second-order valence-corrected chi connectivity index (χ2v) is 3.47. The van der Waals surface area contributed by atoms with E-state index in [2.05, 4.69) is 5.32 Å². The van der Waals surface area contributed by atoms with Gasteiger partial charge in [-0.3, -0.25) is 0 Å². The molecule has 0 aromatic rings. The first kappa shape index (κ1) is 15.7. The fraction of sp³-hybridized carbons (Fsp3) is 0.889. The summed E-state index contributed by atoms with van der Waals surface area (Å²) in [7, 11) is 0. The molecule has 0 fully saturated rings. The molecule has 0 bridgehead atoms. The van der Waals surface area contributed by atoms with E-state index < -0.39 is 11.7 Å². The lowest BCUT2D eigenvalue weighted by Gasteiger charge is -2.19. The smallest absolute Gasteiger partial charge is 0.407 e. The van der Waals surface area contributed by atoms with Crippen LogP contribution in [0.25, 0.3) is 0 Å². The topological polar surface area (TPSA) is 78.8 Å². The third kappa shape index (κ3) is 17.3. The summed E-state index contributed by atoms with van der Waals surface area (Å²) in [6.07, 6.45) is -0.494. The highest BCUT2D eigenvalue weighted by Crippen LogP contribution is 2.05. The number of nitrogens with one attached hydrogen (secondary N) is 1. The molecule has 5 heteroatoms. The molecule has 0 spiro atoms. The number of aliphatic hydroxyl groups is 2. The number of alkyl carbamates (subject to hydrolysis) is 1. The first-order valence-electron chi connectivity index (χ1n) is 4.56. The van der Waals surface area contributed by atoms with E-state index in [0.717, 1.165) is 0 Å². The van der Waals surface area contributed by atoms with E-state index >= 15 is 0 Å². The maximum absolute atomic E-state index is 10.8. The molecule has 0 saturated carbocycles. The molecule has 86 valence electrons. The maximum atomic E-state index is 10.8.